The van der Waals surface area contributed by atoms with E-state index in [0.29, 0.717) is 27.1 Å². The Kier molecular flexibility index (Phi) is 7.33. The predicted octanol–water partition coefficient (Wildman–Crippen LogP) is 6.51. The summed E-state index contributed by atoms with van der Waals surface area (Å²) in [7, 11) is 0. The zero-order valence-corrected chi connectivity index (χ0v) is 22.4. The van der Waals surface area contributed by atoms with Crippen LogP contribution in [0.4, 0.5) is 5.69 Å². The van der Waals surface area contributed by atoms with E-state index in [9.17, 15) is 4.79 Å². The number of carbonyl (C=O) groups excluding carboxylic acids is 1. The molecule has 0 bridgehead atoms. The number of hydrogen-bond donors (Lipinski definition) is 2. The van der Waals surface area contributed by atoms with Crippen LogP contribution in [0.15, 0.2) is 65.1 Å². The maximum absolute atomic E-state index is 12.3. The van der Waals surface area contributed by atoms with Crippen molar-refractivity contribution >= 4 is 74.5 Å². The monoisotopic (exact) mass is 568 g/mol. The first-order valence-corrected chi connectivity index (χ1v) is 13.0. The summed E-state index contributed by atoms with van der Waals surface area (Å²) in [5, 5.41) is 20.3. The fourth-order valence-electron chi connectivity index (χ4n) is 3.45. The van der Waals surface area contributed by atoms with Crippen LogP contribution in [0, 0.1) is 0 Å². The van der Waals surface area contributed by atoms with Gasteiger partial charge in [-0.15, -0.1) is 10.2 Å². The van der Waals surface area contributed by atoms with Crippen molar-refractivity contribution in [2.24, 2.45) is 0 Å². The molecule has 5 aromatic rings. The first-order chi connectivity index (χ1) is 17.9. The molecule has 37 heavy (non-hydrogen) atoms. The Morgan fingerprint density at radius 2 is 1.95 bits per heavy atom. The van der Waals surface area contributed by atoms with Crippen LogP contribution in [0.5, 0.6) is 0 Å². The van der Waals surface area contributed by atoms with Gasteiger partial charge in [-0.3, -0.25) is 10.1 Å². The van der Waals surface area contributed by atoms with Crippen molar-refractivity contribution in [2.45, 2.75) is 13.3 Å². The minimum absolute atomic E-state index is 0.166. The third-order valence-corrected chi connectivity index (χ3v) is 7.21. The standard InChI is InChI=1S/C25H18Cl2N6O2S2/c1-2-20-30-31-25-33(20)32-23(37-25)14-6-8-15(9-7-14)28-24(36)29-21(34)13-11-16-10-12-19(35-16)17-4-3-5-18(26)22(17)27/h3-13H,2H2,1H3,(H2,28,29,34,36). The van der Waals surface area contributed by atoms with Gasteiger partial charge >= 0.3 is 0 Å². The molecule has 0 spiro atoms. The summed E-state index contributed by atoms with van der Waals surface area (Å²) in [6.07, 6.45) is 3.63. The number of benzene rings is 2. The zero-order valence-electron chi connectivity index (χ0n) is 19.2. The first kappa shape index (κ1) is 25.1. The van der Waals surface area contributed by atoms with E-state index in [1.807, 2.05) is 31.2 Å². The molecule has 5 rings (SSSR count). The molecule has 0 saturated heterocycles. The zero-order chi connectivity index (χ0) is 25.9. The molecule has 0 fully saturated rings. The van der Waals surface area contributed by atoms with Crippen LogP contribution in [-0.4, -0.2) is 30.8 Å². The second-order valence-corrected chi connectivity index (χ2v) is 9.88. The van der Waals surface area contributed by atoms with Crippen molar-refractivity contribution in [1.29, 1.82) is 0 Å². The second-order valence-electron chi connectivity index (χ2n) is 7.73. The van der Waals surface area contributed by atoms with E-state index >= 15 is 0 Å². The van der Waals surface area contributed by atoms with E-state index in [1.165, 1.54) is 17.4 Å². The Labute approximate surface area is 230 Å². The van der Waals surface area contributed by atoms with Gasteiger partial charge in [-0.1, -0.05) is 47.5 Å². The Balaban J connectivity index is 1.17. The third kappa shape index (κ3) is 5.57. The van der Waals surface area contributed by atoms with Gasteiger partial charge in [-0.2, -0.15) is 9.61 Å². The van der Waals surface area contributed by atoms with Crippen LogP contribution in [0.2, 0.25) is 10.0 Å². The summed E-state index contributed by atoms with van der Waals surface area (Å²) in [5.41, 5.74) is 2.34. The molecule has 0 aliphatic carbocycles. The van der Waals surface area contributed by atoms with E-state index in [0.717, 1.165) is 33.5 Å². The number of aryl methyl sites for hydroxylation is 1. The number of nitrogens with zero attached hydrogens (tertiary/aromatic N) is 4. The molecule has 0 radical (unpaired) electrons. The van der Waals surface area contributed by atoms with Crippen LogP contribution in [0.25, 0.3) is 32.9 Å². The van der Waals surface area contributed by atoms with Gasteiger partial charge in [0.15, 0.2) is 10.9 Å². The van der Waals surface area contributed by atoms with Gasteiger partial charge in [0, 0.05) is 29.3 Å². The Morgan fingerprint density at radius 3 is 2.73 bits per heavy atom. The number of fused-ring (bicyclic) bond motifs is 1. The largest absolute Gasteiger partial charge is 0.457 e. The van der Waals surface area contributed by atoms with Gasteiger partial charge in [0.25, 0.3) is 0 Å². The lowest BCUT2D eigenvalue weighted by Gasteiger charge is -2.08. The lowest BCUT2D eigenvalue weighted by molar-refractivity contribution is -0.115. The fourth-order valence-corrected chi connectivity index (χ4v) is 4.92. The third-order valence-electron chi connectivity index (χ3n) is 5.24. The highest BCUT2D eigenvalue weighted by Crippen LogP contribution is 2.34. The molecular weight excluding hydrogens is 551 g/mol. The van der Waals surface area contributed by atoms with Crippen molar-refractivity contribution in [3.63, 3.8) is 0 Å². The average Bonchev–Trinajstić information content (AvgIpc) is 3.61. The lowest BCUT2D eigenvalue weighted by Crippen LogP contribution is -2.32. The molecule has 8 nitrogen and oxygen atoms in total. The summed E-state index contributed by atoms with van der Waals surface area (Å²) < 4.78 is 7.52. The second kappa shape index (κ2) is 10.8. The molecule has 3 aromatic heterocycles. The summed E-state index contributed by atoms with van der Waals surface area (Å²) in [5.74, 6) is 1.44. The summed E-state index contributed by atoms with van der Waals surface area (Å²) in [6.45, 7) is 2.01. The maximum atomic E-state index is 12.3. The van der Waals surface area contributed by atoms with E-state index in [2.05, 4.69) is 25.9 Å². The molecule has 0 unspecified atom stereocenters. The summed E-state index contributed by atoms with van der Waals surface area (Å²) >= 11 is 19.1. The molecule has 0 aliphatic rings. The fraction of sp³-hybridized carbons (Fsp3) is 0.0800. The number of rotatable bonds is 6. The molecule has 2 aromatic carbocycles. The number of thiocarbonyl (C=S) groups is 1. The average molecular weight is 569 g/mol. The number of nitrogens with one attached hydrogen (secondary N) is 2. The number of hydrogen-bond acceptors (Lipinski definition) is 7. The van der Waals surface area contributed by atoms with Gasteiger partial charge < -0.3 is 9.73 Å². The highest BCUT2D eigenvalue weighted by molar-refractivity contribution is 7.80. The Morgan fingerprint density at radius 1 is 1.14 bits per heavy atom. The molecule has 0 aliphatic heterocycles. The predicted molar refractivity (Wildman–Crippen MR) is 151 cm³/mol. The lowest BCUT2D eigenvalue weighted by atomic mass is 10.2. The van der Waals surface area contributed by atoms with E-state index in [1.54, 1.807) is 40.9 Å². The topological polar surface area (TPSA) is 97.3 Å². The summed E-state index contributed by atoms with van der Waals surface area (Å²) in [4.78, 5) is 13.1. The van der Waals surface area contributed by atoms with Crippen molar-refractivity contribution in [1.82, 2.24) is 25.1 Å². The van der Waals surface area contributed by atoms with Gasteiger partial charge in [0.2, 0.25) is 10.9 Å². The molecule has 186 valence electrons. The molecule has 1 amide bonds. The number of furan rings is 1. The molecule has 0 saturated carbocycles. The minimum atomic E-state index is -0.403. The minimum Gasteiger partial charge on any atom is -0.457 e. The molecule has 12 heteroatoms. The molecule has 0 atom stereocenters. The molecular formula is C25H18Cl2N6O2S2. The quantitative estimate of drug-likeness (QED) is 0.178. The highest BCUT2D eigenvalue weighted by Gasteiger charge is 2.13. The van der Waals surface area contributed by atoms with Crippen molar-refractivity contribution < 1.29 is 9.21 Å². The number of aromatic nitrogens is 4. The smallest absolute Gasteiger partial charge is 0.250 e. The van der Waals surface area contributed by atoms with Crippen LogP contribution in [0.1, 0.15) is 18.5 Å². The van der Waals surface area contributed by atoms with E-state index in [4.69, 9.17) is 39.8 Å². The first-order valence-electron chi connectivity index (χ1n) is 11.1. The highest BCUT2D eigenvalue weighted by atomic mass is 35.5. The van der Waals surface area contributed by atoms with Gasteiger partial charge in [0.05, 0.1) is 10.0 Å². The van der Waals surface area contributed by atoms with Gasteiger partial charge in [-0.25, -0.2) is 0 Å². The molecule has 2 N–H and O–H groups in total. The normalized spacial score (nSPS) is 11.3. The molecule has 3 heterocycles. The number of halogens is 2. The van der Waals surface area contributed by atoms with E-state index in [-0.39, 0.29) is 5.11 Å². The van der Waals surface area contributed by atoms with Crippen molar-refractivity contribution in [3.05, 3.63) is 82.3 Å². The van der Waals surface area contributed by atoms with Crippen LogP contribution >= 0.6 is 46.8 Å². The number of carbonyl (C=O) groups is 1. The maximum Gasteiger partial charge on any atom is 0.250 e. The van der Waals surface area contributed by atoms with Gasteiger partial charge in [-0.05, 0) is 66.8 Å². The van der Waals surface area contributed by atoms with Crippen molar-refractivity contribution in [3.8, 4) is 21.9 Å². The number of anilines is 1. The summed E-state index contributed by atoms with van der Waals surface area (Å²) in [6, 6.07) is 16.3. The van der Waals surface area contributed by atoms with Crippen molar-refractivity contribution in [2.75, 3.05) is 5.32 Å². The van der Waals surface area contributed by atoms with E-state index < -0.39 is 5.91 Å². The van der Waals surface area contributed by atoms with Gasteiger partial charge in [0.1, 0.15) is 16.5 Å². The Bertz CT molecular complexity index is 1640. The van der Waals surface area contributed by atoms with Crippen LogP contribution < -0.4 is 10.6 Å². The SMILES string of the molecule is CCc1nnc2sc(-c3ccc(NC(=S)NC(=O)C=Cc4ccc(-c5cccc(Cl)c5Cl)o4)cc3)nn12. The van der Waals surface area contributed by atoms with Crippen LogP contribution in [0.3, 0.4) is 0 Å². The number of amides is 1. The van der Waals surface area contributed by atoms with Crippen LogP contribution in [-0.2, 0) is 11.2 Å². The Hall–Kier alpha value is -3.57.